The van der Waals surface area contributed by atoms with E-state index in [1.807, 2.05) is 0 Å². The summed E-state index contributed by atoms with van der Waals surface area (Å²) in [4.78, 5) is 18.8. The fourth-order valence-electron chi connectivity index (χ4n) is 2.14. The topological polar surface area (TPSA) is 71.2 Å². The highest BCUT2D eigenvalue weighted by Gasteiger charge is 2.31. The number of amides is 1. The van der Waals surface area contributed by atoms with Crippen LogP contribution in [0.25, 0.3) is 0 Å². The highest BCUT2D eigenvalue weighted by atomic mass is 32.1. The SMILES string of the molecule is CC(C)(C)N1CCC(NC(=O)c2cnc(N)s2)C1. The van der Waals surface area contributed by atoms with Gasteiger partial charge < -0.3 is 11.1 Å². The Morgan fingerprint density at radius 3 is 2.83 bits per heavy atom. The third-order valence-corrected chi connectivity index (χ3v) is 4.04. The Morgan fingerprint density at radius 1 is 1.61 bits per heavy atom. The summed E-state index contributed by atoms with van der Waals surface area (Å²) in [6.07, 6.45) is 2.53. The average molecular weight is 268 g/mol. The van der Waals surface area contributed by atoms with Crippen LogP contribution in [-0.2, 0) is 0 Å². The number of hydrogen-bond donors (Lipinski definition) is 2. The molecule has 1 atom stereocenters. The van der Waals surface area contributed by atoms with Gasteiger partial charge in [-0.15, -0.1) is 0 Å². The molecule has 1 aromatic heterocycles. The predicted octanol–water partition coefficient (Wildman–Crippen LogP) is 1.33. The maximum atomic E-state index is 12.0. The summed E-state index contributed by atoms with van der Waals surface area (Å²) in [6, 6.07) is 0.222. The van der Waals surface area contributed by atoms with Gasteiger partial charge in [-0.1, -0.05) is 11.3 Å². The molecule has 100 valence electrons. The van der Waals surface area contributed by atoms with Crippen molar-refractivity contribution in [2.24, 2.45) is 0 Å². The van der Waals surface area contributed by atoms with E-state index in [0.29, 0.717) is 10.0 Å². The summed E-state index contributed by atoms with van der Waals surface area (Å²) < 4.78 is 0. The first-order valence-electron chi connectivity index (χ1n) is 6.13. The van der Waals surface area contributed by atoms with Crippen molar-refractivity contribution < 1.29 is 4.79 Å². The number of nitrogens with one attached hydrogen (secondary N) is 1. The largest absolute Gasteiger partial charge is 0.375 e. The van der Waals surface area contributed by atoms with Gasteiger partial charge >= 0.3 is 0 Å². The van der Waals surface area contributed by atoms with Gasteiger partial charge in [0.05, 0.1) is 6.20 Å². The molecular formula is C12H20N4OS. The van der Waals surface area contributed by atoms with Gasteiger partial charge in [0.25, 0.3) is 5.91 Å². The molecule has 1 saturated heterocycles. The van der Waals surface area contributed by atoms with E-state index in [-0.39, 0.29) is 17.5 Å². The Bertz CT molecular complexity index is 438. The lowest BCUT2D eigenvalue weighted by molar-refractivity contribution is 0.0936. The molecule has 1 fully saturated rings. The van der Waals surface area contributed by atoms with Crippen LogP contribution >= 0.6 is 11.3 Å². The van der Waals surface area contributed by atoms with Crippen molar-refractivity contribution >= 4 is 22.4 Å². The van der Waals surface area contributed by atoms with Gasteiger partial charge in [0.15, 0.2) is 5.13 Å². The molecule has 6 heteroatoms. The summed E-state index contributed by atoms with van der Waals surface area (Å²) in [6.45, 7) is 8.52. The summed E-state index contributed by atoms with van der Waals surface area (Å²) in [5.74, 6) is -0.0649. The van der Waals surface area contributed by atoms with Gasteiger partial charge in [-0.2, -0.15) is 0 Å². The van der Waals surface area contributed by atoms with Gasteiger partial charge in [0.2, 0.25) is 0 Å². The number of carbonyl (C=O) groups is 1. The molecule has 1 unspecified atom stereocenters. The van der Waals surface area contributed by atoms with Crippen molar-refractivity contribution in [3.8, 4) is 0 Å². The van der Waals surface area contributed by atoms with Crippen LogP contribution in [0.15, 0.2) is 6.20 Å². The van der Waals surface area contributed by atoms with Crippen molar-refractivity contribution in [2.45, 2.75) is 38.8 Å². The van der Waals surface area contributed by atoms with Crippen LogP contribution in [0.3, 0.4) is 0 Å². The van der Waals surface area contributed by atoms with Gasteiger partial charge in [0, 0.05) is 24.7 Å². The molecule has 0 bridgehead atoms. The van der Waals surface area contributed by atoms with Crippen LogP contribution in [0.1, 0.15) is 36.9 Å². The molecule has 1 aliphatic heterocycles. The minimum atomic E-state index is -0.0649. The summed E-state index contributed by atoms with van der Waals surface area (Å²) >= 11 is 1.23. The van der Waals surface area contributed by atoms with E-state index in [4.69, 9.17) is 5.73 Å². The van der Waals surface area contributed by atoms with Crippen LogP contribution in [0.5, 0.6) is 0 Å². The number of rotatable bonds is 2. The second-order valence-electron chi connectivity index (χ2n) is 5.64. The number of likely N-dealkylation sites (tertiary alicyclic amines) is 1. The summed E-state index contributed by atoms with van der Waals surface area (Å²) in [5, 5.41) is 3.48. The maximum absolute atomic E-state index is 12.0. The molecular weight excluding hydrogens is 248 g/mol. The van der Waals surface area contributed by atoms with Crippen LogP contribution in [0.2, 0.25) is 0 Å². The normalized spacial score (nSPS) is 21.2. The third-order valence-electron chi connectivity index (χ3n) is 3.22. The molecule has 0 aromatic carbocycles. The zero-order chi connectivity index (χ0) is 13.3. The zero-order valence-corrected chi connectivity index (χ0v) is 11.9. The van der Waals surface area contributed by atoms with Crippen molar-refractivity contribution in [3.05, 3.63) is 11.1 Å². The molecule has 3 N–H and O–H groups in total. The quantitative estimate of drug-likeness (QED) is 0.849. The number of hydrogen-bond acceptors (Lipinski definition) is 5. The minimum absolute atomic E-state index is 0.0649. The minimum Gasteiger partial charge on any atom is -0.375 e. The van der Waals surface area contributed by atoms with E-state index in [1.165, 1.54) is 17.5 Å². The first kappa shape index (κ1) is 13.3. The number of thiazole rings is 1. The Morgan fingerprint density at radius 2 is 2.33 bits per heavy atom. The number of aromatic nitrogens is 1. The Labute approximate surface area is 111 Å². The Balaban J connectivity index is 1.90. The lowest BCUT2D eigenvalue weighted by atomic mass is 10.1. The van der Waals surface area contributed by atoms with Crippen molar-refractivity contribution in [2.75, 3.05) is 18.8 Å². The third kappa shape index (κ3) is 3.00. The number of carbonyl (C=O) groups excluding carboxylic acids is 1. The van der Waals surface area contributed by atoms with Crippen LogP contribution in [-0.4, -0.2) is 40.5 Å². The van der Waals surface area contributed by atoms with E-state index in [1.54, 1.807) is 0 Å². The molecule has 18 heavy (non-hydrogen) atoms. The summed E-state index contributed by atoms with van der Waals surface area (Å²) in [7, 11) is 0. The van der Waals surface area contributed by atoms with Crippen LogP contribution < -0.4 is 11.1 Å². The van der Waals surface area contributed by atoms with Gasteiger partial charge in [-0.05, 0) is 27.2 Å². The Hall–Kier alpha value is -1.14. The highest BCUT2D eigenvalue weighted by Crippen LogP contribution is 2.21. The lowest BCUT2D eigenvalue weighted by Crippen LogP contribution is -2.43. The molecule has 0 spiro atoms. The monoisotopic (exact) mass is 268 g/mol. The van der Waals surface area contributed by atoms with Crippen molar-refractivity contribution in [1.29, 1.82) is 0 Å². The second kappa shape index (κ2) is 4.85. The first-order valence-corrected chi connectivity index (χ1v) is 6.95. The van der Waals surface area contributed by atoms with E-state index >= 15 is 0 Å². The molecule has 5 nitrogen and oxygen atoms in total. The van der Waals surface area contributed by atoms with Gasteiger partial charge in [-0.25, -0.2) is 4.98 Å². The number of anilines is 1. The predicted molar refractivity (Wildman–Crippen MR) is 73.7 cm³/mol. The Kier molecular flexibility index (Phi) is 3.59. The van der Waals surface area contributed by atoms with Crippen LogP contribution in [0.4, 0.5) is 5.13 Å². The molecule has 2 heterocycles. The van der Waals surface area contributed by atoms with E-state index in [0.717, 1.165) is 19.5 Å². The van der Waals surface area contributed by atoms with Crippen LogP contribution in [0, 0.1) is 0 Å². The van der Waals surface area contributed by atoms with Gasteiger partial charge in [-0.3, -0.25) is 9.69 Å². The lowest BCUT2D eigenvalue weighted by Gasteiger charge is -2.31. The number of nitrogen functional groups attached to an aromatic ring is 1. The molecule has 0 saturated carbocycles. The highest BCUT2D eigenvalue weighted by molar-refractivity contribution is 7.17. The molecule has 2 rings (SSSR count). The van der Waals surface area contributed by atoms with E-state index in [2.05, 4.69) is 36.0 Å². The molecule has 1 amide bonds. The van der Waals surface area contributed by atoms with E-state index in [9.17, 15) is 4.79 Å². The standard InChI is InChI=1S/C12H20N4OS/c1-12(2,3)16-5-4-8(7-16)15-10(17)9-6-14-11(13)18-9/h6,8H,4-5,7H2,1-3H3,(H2,13,14)(H,15,17). The van der Waals surface area contributed by atoms with E-state index < -0.39 is 0 Å². The second-order valence-corrected chi connectivity index (χ2v) is 6.70. The molecule has 0 radical (unpaired) electrons. The average Bonchev–Trinajstić information content (AvgIpc) is 2.85. The summed E-state index contributed by atoms with van der Waals surface area (Å²) in [5.41, 5.74) is 5.68. The van der Waals surface area contributed by atoms with Crippen molar-refractivity contribution in [1.82, 2.24) is 15.2 Å². The smallest absolute Gasteiger partial charge is 0.263 e. The number of nitrogens with two attached hydrogens (primary N) is 1. The fourth-order valence-corrected chi connectivity index (χ4v) is 2.72. The maximum Gasteiger partial charge on any atom is 0.263 e. The molecule has 1 aromatic rings. The first-order chi connectivity index (χ1) is 8.36. The number of nitrogens with zero attached hydrogens (tertiary/aromatic N) is 2. The molecule has 1 aliphatic rings. The van der Waals surface area contributed by atoms with Crippen molar-refractivity contribution in [3.63, 3.8) is 0 Å². The zero-order valence-electron chi connectivity index (χ0n) is 11.1. The van der Waals surface area contributed by atoms with Gasteiger partial charge in [0.1, 0.15) is 4.88 Å². The fraction of sp³-hybridized carbons (Fsp3) is 0.667. The molecule has 0 aliphatic carbocycles.